The van der Waals surface area contributed by atoms with Crippen LogP contribution >= 0.6 is 0 Å². The molecule has 0 spiro atoms. The Morgan fingerprint density at radius 3 is 2.63 bits per heavy atom. The molecule has 1 rings (SSSR count). The summed E-state index contributed by atoms with van der Waals surface area (Å²) in [5.41, 5.74) is 0.963. The molecule has 1 aromatic rings. The van der Waals surface area contributed by atoms with Gasteiger partial charge in [0.05, 0.1) is 20.3 Å². The van der Waals surface area contributed by atoms with Crippen LogP contribution in [0.25, 0.3) is 0 Å². The topological polar surface area (TPSA) is 84.9 Å². The summed E-state index contributed by atoms with van der Waals surface area (Å²) in [5.74, 6) is -1.19. The number of aliphatic hydroxyl groups is 1. The first-order valence-corrected chi connectivity index (χ1v) is 5.77. The molecule has 0 aliphatic heterocycles. The summed E-state index contributed by atoms with van der Waals surface area (Å²) >= 11 is 0. The van der Waals surface area contributed by atoms with Crippen LogP contribution in [0, 0.1) is 0 Å². The third-order valence-corrected chi connectivity index (χ3v) is 2.31. The van der Waals surface area contributed by atoms with Crippen LogP contribution in [0.3, 0.4) is 0 Å². The zero-order valence-corrected chi connectivity index (χ0v) is 10.7. The Morgan fingerprint density at radius 1 is 1.32 bits per heavy atom. The lowest BCUT2D eigenvalue weighted by atomic mass is 10.2. The van der Waals surface area contributed by atoms with Crippen LogP contribution in [0.5, 0.6) is 0 Å². The Hall–Kier alpha value is -1.92. The summed E-state index contributed by atoms with van der Waals surface area (Å²) in [4.78, 5) is 22.2. The zero-order valence-electron chi connectivity index (χ0n) is 10.7. The molecule has 2 N–H and O–H groups in total. The first-order chi connectivity index (χ1) is 9.13. The highest BCUT2D eigenvalue weighted by molar-refractivity contribution is 5.79. The van der Waals surface area contributed by atoms with E-state index in [9.17, 15) is 14.7 Å². The molecule has 0 saturated heterocycles. The maximum atomic E-state index is 11.3. The summed E-state index contributed by atoms with van der Waals surface area (Å²) in [6, 6.07) is 9.43. The molecule has 0 aliphatic carbocycles. The van der Waals surface area contributed by atoms with Crippen LogP contribution in [0.4, 0.5) is 0 Å². The Bertz CT molecular complexity index is 407. The van der Waals surface area contributed by atoms with Crippen LogP contribution in [0.1, 0.15) is 5.56 Å². The maximum Gasteiger partial charge on any atom is 0.336 e. The fraction of sp³-hybridized carbons (Fsp3) is 0.385. The monoisotopic (exact) mass is 267 g/mol. The van der Waals surface area contributed by atoms with E-state index >= 15 is 0 Å². The van der Waals surface area contributed by atoms with Gasteiger partial charge in [-0.15, -0.1) is 0 Å². The Labute approximate surface area is 111 Å². The predicted molar refractivity (Wildman–Crippen MR) is 67.1 cm³/mol. The minimum absolute atomic E-state index is 0.136. The van der Waals surface area contributed by atoms with Crippen molar-refractivity contribution in [1.82, 2.24) is 5.32 Å². The number of carbonyl (C=O) groups is 2. The van der Waals surface area contributed by atoms with Crippen molar-refractivity contribution in [1.29, 1.82) is 0 Å². The van der Waals surface area contributed by atoms with Gasteiger partial charge in [0, 0.05) is 0 Å². The van der Waals surface area contributed by atoms with Crippen molar-refractivity contribution in [3.8, 4) is 0 Å². The molecule has 0 aliphatic rings. The van der Waals surface area contributed by atoms with Gasteiger partial charge >= 0.3 is 5.97 Å². The summed E-state index contributed by atoms with van der Waals surface area (Å²) in [7, 11) is 1.16. The van der Waals surface area contributed by atoms with Gasteiger partial charge in [-0.3, -0.25) is 4.79 Å². The number of benzene rings is 1. The average Bonchev–Trinajstić information content (AvgIpc) is 2.45. The number of amides is 1. The van der Waals surface area contributed by atoms with Gasteiger partial charge in [0.1, 0.15) is 6.61 Å². The van der Waals surface area contributed by atoms with Crippen molar-refractivity contribution in [2.24, 2.45) is 0 Å². The van der Waals surface area contributed by atoms with Gasteiger partial charge in [-0.25, -0.2) is 4.79 Å². The fourth-order valence-electron chi connectivity index (χ4n) is 1.32. The first kappa shape index (κ1) is 15.1. The van der Waals surface area contributed by atoms with E-state index in [-0.39, 0.29) is 13.2 Å². The van der Waals surface area contributed by atoms with Gasteiger partial charge in [-0.2, -0.15) is 0 Å². The fourth-order valence-corrected chi connectivity index (χ4v) is 1.32. The smallest absolute Gasteiger partial charge is 0.336 e. The van der Waals surface area contributed by atoms with Crippen LogP contribution in [0.2, 0.25) is 0 Å². The number of carbonyl (C=O) groups excluding carboxylic acids is 2. The molecule has 1 unspecified atom stereocenters. The van der Waals surface area contributed by atoms with E-state index in [0.717, 1.165) is 12.7 Å². The number of esters is 1. The van der Waals surface area contributed by atoms with Gasteiger partial charge in [0.2, 0.25) is 5.91 Å². The number of hydrogen-bond acceptors (Lipinski definition) is 5. The van der Waals surface area contributed by atoms with Gasteiger partial charge in [-0.05, 0) is 5.56 Å². The molecule has 1 atom stereocenters. The molecular weight excluding hydrogens is 250 g/mol. The molecule has 0 bridgehead atoms. The second kappa shape index (κ2) is 8.23. The zero-order chi connectivity index (χ0) is 14.1. The highest BCUT2D eigenvalue weighted by Crippen LogP contribution is 1.99. The second-order valence-corrected chi connectivity index (χ2v) is 3.82. The number of rotatable bonds is 7. The van der Waals surface area contributed by atoms with Gasteiger partial charge in [-0.1, -0.05) is 30.3 Å². The molecule has 0 saturated carbocycles. The molecule has 0 radical (unpaired) electrons. The number of aliphatic hydroxyl groups excluding tert-OH is 1. The number of nitrogens with one attached hydrogen (secondary N) is 1. The Kier molecular flexibility index (Phi) is 6.56. The van der Waals surface area contributed by atoms with Crippen molar-refractivity contribution >= 4 is 11.9 Å². The SMILES string of the molecule is COC(=O)C(O)CNC(=O)COCc1ccccc1. The highest BCUT2D eigenvalue weighted by atomic mass is 16.5. The molecule has 1 aromatic carbocycles. The average molecular weight is 267 g/mol. The molecule has 0 fully saturated rings. The van der Waals surface area contributed by atoms with Crippen LogP contribution in [-0.2, 0) is 25.7 Å². The molecule has 0 heterocycles. The number of ether oxygens (including phenoxy) is 2. The minimum Gasteiger partial charge on any atom is -0.467 e. The lowest BCUT2D eigenvalue weighted by molar-refractivity contribution is -0.150. The van der Waals surface area contributed by atoms with E-state index in [1.807, 2.05) is 30.3 Å². The van der Waals surface area contributed by atoms with E-state index in [4.69, 9.17) is 4.74 Å². The maximum absolute atomic E-state index is 11.3. The molecular formula is C13H17NO5. The van der Waals surface area contributed by atoms with E-state index in [0.29, 0.717) is 6.61 Å². The molecule has 19 heavy (non-hydrogen) atoms. The molecule has 6 nitrogen and oxygen atoms in total. The lowest BCUT2D eigenvalue weighted by Crippen LogP contribution is -2.38. The van der Waals surface area contributed by atoms with Crippen LogP contribution < -0.4 is 5.32 Å². The second-order valence-electron chi connectivity index (χ2n) is 3.82. The standard InChI is InChI=1S/C13H17NO5/c1-18-13(17)11(15)7-14-12(16)9-19-8-10-5-3-2-4-6-10/h2-6,11,15H,7-9H2,1H3,(H,14,16). The molecule has 1 amide bonds. The van der Waals surface area contributed by atoms with Gasteiger partial charge < -0.3 is 19.9 Å². The van der Waals surface area contributed by atoms with Crippen LogP contribution in [-0.4, -0.2) is 43.3 Å². The largest absolute Gasteiger partial charge is 0.467 e. The normalized spacial score (nSPS) is 11.7. The van der Waals surface area contributed by atoms with Gasteiger partial charge in [0.15, 0.2) is 6.10 Å². The molecule has 6 heteroatoms. The quantitative estimate of drug-likeness (QED) is 0.671. The minimum atomic E-state index is -1.36. The molecule has 0 aromatic heterocycles. The molecule has 104 valence electrons. The van der Waals surface area contributed by atoms with E-state index < -0.39 is 18.0 Å². The van der Waals surface area contributed by atoms with Crippen molar-refractivity contribution in [2.75, 3.05) is 20.3 Å². The lowest BCUT2D eigenvalue weighted by Gasteiger charge is -2.10. The number of hydrogen-bond donors (Lipinski definition) is 2. The van der Waals surface area contributed by atoms with E-state index in [1.165, 1.54) is 0 Å². The van der Waals surface area contributed by atoms with Crippen LogP contribution in [0.15, 0.2) is 30.3 Å². The Balaban J connectivity index is 2.16. The summed E-state index contributed by atoms with van der Waals surface area (Å²) in [5, 5.41) is 11.6. The predicted octanol–water partition coefficient (Wildman–Crippen LogP) is -0.147. The Morgan fingerprint density at radius 2 is 2.00 bits per heavy atom. The number of methoxy groups -OCH3 is 1. The summed E-state index contributed by atoms with van der Waals surface area (Å²) in [6.07, 6.45) is -1.36. The van der Waals surface area contributed by atoms with Crippen molar-refractivity contribution in [3.05, 3.63) is 35.9 Å². The third kappa shape index (κ3) is 5.98. The highest BCUT2D eigenvalue weighted by Gasteiger charge is 2.15. The van der Waals surface area contributed by atoms with Gasteiger partial charge in [0.25, 0.3) is 0 Å². The summed E-state index contributed by atoms with van der Waals surface area (Å²) < 4.78 is 9.50. The van der Waals surface area contributed by atoms with E-state index in [2.05, 4.69) is 10.1 Å². The first-order valence-electron chi connectivity index (χ1n) is 5.77. The van der Waals surface area contributed by atoms with Crippen molar-refractivity contribution in [2.45, 2.75) is 12.7 Å². The third-order valence-electron chi connectivity index (χ3n) is 2.31. The van der Waals surface area contributed by atoms with Crippen molar-refractivity contribution < 1.29 is 24.2 Å². The van der Waals surface area contributed by atoms with Crippen molar-refractivity contribution in [3.63, 3.8) is 0 Å². The summed E-state index contributed by atoms with van der Waals surface area (Å²) in [6.45, 7) is -0.00317. The van der Waals surface area contributed by atoms with E-state index in [1.54, 1.807) is 0 Å².